The van der Waals surface area contributed by atoms with Gasteiger partial charge in [0.25, 0.3) is 0 Å². The maximum atomic E-state index is 12.2. The summed E-state index contributed by atoms with van der Waals surface area (Å²) < 4.78 is 24.5. The van der Waals surface area contributed by atoms with E-state index in [0.29, 0.717) is 11.8 Å². The fraction of sp³-hybridized carbons (Fsp3) is 1.00. The second-order valence-electron chi connectivity index (χ2n) is 13.0. The van der Waals surface area contributed by atoms with Crippen molar-refractivity contribution in [3.8, 4) is 0 Å². The fourth-order valence-electron chi connectivity index (χ4n) is 6.28. The predicted octanol–water partition coefficient (Wildman–Crippen LogP) is 11.0. The second kappa shape index (κ2) is 16.5. The topological polar surface area (TPSA) is 0 Å². The zero-order valence-corrected chi connectivity index (χ0v) is 23.7. The number of alkyl halides is 2. The summed E-state index contributed by atoms with van der Waals surface area (Å²) in [5.74, 6) is 7.05. The Bertz CT molecular complexity index is 430. The second-order valence-corrected chi connectivity index (χ2v) is 13.0. The maximum absolute atomic E-state index is 12.2. The number of hydrogen-bond acceptors (Lipinski definition) is 0. The van der Waals surface area contributed by atoms with Gasteiger partial charge in [-0.2, -0.15) is 0 Å². The normalized spacial score (nSPS) is 32.9. The van der Waals surface area contributed by atoms with E-state index >= 15 is 0 Å². The van der Waals surface area contributed by atoms with Crippen LogP contribution in [0.3, 0.4) is 0 Å². The molecule has 0 heterocycles. The number of rotatable bonds is 5. The quantitative estimate of drug-likeness (QED) is 0.375. The molecule has 0 spiro atoms. The van der Waals surface area contributed by atoms with Gasteiger partial charge < -0.3 is 0 Å². The SMILES string of the molecule is CC(C)C1CCC(C(F)F)CC1.CC1CCC(C(C)C)CC1.CCC1CCC(C(C)C)CC1. The molecule has 0 nitrogen and oxygen atoms in total. The average molecular weight is 471 g/mol. The maximum Gasteiger partial charge on any atom is 0.241 e. The Balaban J connectivity index is 0.000000249. The van der Waals surface area contributed by atoms with Crippen molar-refractivity contribution in [2.45, 2.75) is 145 Å². The van der Waals surface area contributed by atoms with Gasteiger partial charge in [-0.1, -0.05) is 87.5 Å². The molecular formula is C31H60F2. The van der Waals surface area contributed by atoms with Gasteiger partial charge in [-0.05, 0) is 98.7 Å². The van der Waals surface area contributed by atoms with E-state index < -0.39 is 6.43 Å². The first-order valence-corrected chi connectivity index (χ1v) is 14.8. The van der Waals surface area contributed by atoms with Gasteiger partial charge in [-0.25, -0.2) is 8.78 Å². The Morgan fingerprint density at radius 3 is 1.12 bits per heavy atom. The first kappa shape index (κ1) is 30.9. The molecule has 0 saturated heterocycles. The molecule has 3 fully saturated rings. The molecule has 0 aliphatic heterocycles. The lowest BCUT2D eigenvalue weighted by Crippen LogP contribution is -2.22. The zero-order chi connectivity index (χ0) is 25.0. The zero-order valence-electron chi connectivity index (χ0n) is 23.7. The molecule has 3 saturated carbocycles. The third-order valence-electron chi connectivity index (χ3n) is 9.53. The molecule has 33 heavy (non-hydrogen) atoms. The van der Waals surface area contributed by atoms with E-state index in [2.05, 4.69) is 55.4 Å². The van der Waals surface area contributed by atoms with Gasteiger partial charge in [-0.3, -0.25) is 0 Å². The van der Waals surface area contributed by atoms with Crippen LogP contribution in [0.2, 0.25) is 0 Å². The Morgan fingerprint density at radius 2 is 0.818 bits per heavy atom. The molecule has 0 unspecified atom stereocenters. The van der Waals surface area contributed by atoms with Crippen LogP contribution in [0, 0.1) is 53.3 Å². The molecule has 3 rings (SSSR count). The summed E-state index contributed by atoms with van der Waals surface area (Å²) in [6.07, 6.45) is 14.7. The molecule has 0 amide bonds. The smallest absolute Gasteiger partial charge is 0.210 e. The standard InChI is InChI=1S/C11H22.C10H18F2.C10H20/c1-4-10-5-7-11(8-6-10)9(2)3;1-7(2)8-3-5-9(6-4-8)10(11)12;1-8(2)10-6-4-9(3)5-7-10/h9-11H,4-8H2,1-3H3;7-10H,3-6H2,1-2H3;8-10H,4-7H2,1-3H3. The largest absolute Gasteiger partial charge is 0.241 e. The van der Waals surface area contributed by atoms with Gasteiger partial charge in [0.15, 0.2) is 0 Å². The van der Waals surface area contributed by atoms with Gasteiger partial charge in [-0.15, -0.1) is 0 Å². The summed E-state index contributed by atoms with van der Waals surface area (Å²) in [6.45, 7) is 18.6. The predicted molar refractivity (Wildman–Crippen MR) is 143 cm³/mol. The van der Waals surface area contributed by atoms with Crippen molar-refractivity contribution in [1.82, 2.24) is 0 Å². The third kappa shape index (κ3) is 12.4. The van der Waals surface area contributed by atoms with E-state index in [-0.39, 0.29) is 5.92 Å². The lowest BCUT2D eigenvalue weighted by atomic mass is 9.76. The van der Waals surface area contributed by atoms with Crippen molar-refractivity contribution >= 4 is 0 Å². The van der Waals surface area contributed by atoms with E-state index in [9.17, 15) is 8.78 Å². The Kier molecular flexibility index (Phi) is 15.5. The van der Waals surface area contributed by atoms with Crippen molar-refractivity contribution in [1.29, 1.82) is 0 Å². The van der Waals surface area contributed by atoms with Crippen LogP contribution in [0.15, 0.2) is 0 Å². The molecule has 0 radical (unpaired) electrons. The van der Waals surface area contributed by atoms with Gasteiger partial charge in [0, 0.05) is 5.92 Å². The number of halogens is 2. The van der Waals surface area contributed by atoms with E-state index in [4.69, 9.17) is 0 Å². The van der Waals surface area contributed by atoms with Crippen molar-refractivity contribution in [3.63, 3.8) is 0 Å². The van der Waals surface area contributed by atoms with Crippen molar-refractivity contribution in [3.05, 3.63) is 0 Å². The average Bonchev–Trinajstić information content (AvgIpc) is 2.80. The van der Waals surface area contributed by atoms with E-state index in [1.165, 1.54) is 57.8 Å². The first-order chi connectivity index (χ1) is 15.5. The van der Waals surface area contributed by atoms with Crippen molar-refractivity contribution in [2.75, 3.05) is 0 Å². The molecule has 198 valence electrons. The van der Waals surface area contributed by atoms with Crippen LogP contribution >= 0.6 is 0 Å². The molecule has 0 aromatic rings. The van der Waals surface area contributed by atoms with Crippen molar-refractivity contribution < 1.29 is 8.78 Å². The molecule has 0 bridgehead atoms. The lowest BCUT2D eigenvalue weighted by Gasteiger charge is -2.30. The lowest BCUT2D eigenvalue weighted by molar-refractivity contribution is 0.0414. The minimum atomic E-state index is -2.09. The summed E-state index contributed by atoms with van der Waals surface area (Å²) in [4.78, 5) is 0. The van der Waals surface area contributed by atoms with Gasteiger partial charge >= 0.3 is 0 Å². The van der Waals surface area contributed by atoms with Crippen LogP contribution in [-0.2, 0) is 0 Å². The molecule has 0 aromatic carbocycles. The van der Waals surface area contributed by atoms with Crippen LogP contribution < -0.4 is 0 Å². The highest BCUT2D eigenvalue weighted by atomic mass is 19.3. The Hall–Kier alpha value is -0.140. The van der Waals surface area contributed by atoms with E-state index in [1.54, 1.807) is 0 Å². The van der Waals surface area contributed by atoms with Crippen LogP contribution in [0.1, 0.15) is 139 Å². The van der Waals surface area contributed by atoms with Gasteiger partial charge in [0.1, 0.15) is 0 Å². The van der Waals surface area contributed by atoms with Crippen LogP contribution in [-0.4, -0.2) is 6.43 Å². The summed E-state index contributed by atoms with van der Waals surface area (Å²) in [6, 6.07) is 0. The molecular weight excluding hydrogens is 410 g/mol. The minimum Gasteiger partial charge on any atom is -0.210 e. The highest BCUT2D eigenvalue weighted by Gasteiger charge is 2.28. The minimum absolute atomic E-state index is 0.306. The van der Waals surface area contributed by atoms with Gasteiger partial charge in [0.2, 0.25) is 6.43 Å². The summed E-state index contributed by atoms with van der Waals surface area (Å²) >= 11 is 0. The first-order valence-electron chi connectivity index (χ1n) is 14.8. The Labute approximate surface area is 207 Å². The fourth-order valence-corrected chi connectivity index (χ4v) is 6.28. The summed E-state index contributed by atoms with van der Waals surface area (Å²) in [5.41, 5.74) is 0. The third-order valence-corrected chi connectivity index (χ3v) is 9.53. The monoisotopic (exact) mass is 470 g/mol. The van der Waals surface area contributed by atoms with Crippen LogP contribution in [0.5, 0.6) is 0 Å². The van der Waals surface area contributed by atoms with E-state index in [0.717, 1.165) is 61.2 Å². The molecule has 0 atom stereocenters. The van der Waals surface area contributed by atoms with Crippen LogP contribution in [0.25, 0.3) is 0 Å². The molecule has 0 aromatic heterocycles. The molecule has 2 heteroatoms. The summed E-state index contributed by atoms with van der Waals surface area (Å²) in [5, 5.41) is 0. The molecule has 3 aliphatic carbocycles. The van der Waals surface area contributed by atoms with Crippen molar-refractivity contribution in [2.24, 2.45) is 53.3 Å². The highest BCUT2D eigenvalue weighted by molar-refractivity contribution is 4.76. The Morgan fingerprint density at radius 1 is 0.515 bits per heavy atom. The summed E-state index contributed by atoms with van der Waals surface area (Å²) in [7, 11) is 0. The number of hydrogen-bond donors (Lipinski definition) is 0. The van der Waals surface area contributed by atoms with Gasteiger partial charge in [0.05, 0.1) is 0 Å². The molecule has 3 aliphatic rings. The highest BCUT2D eigenvalue weighted by Crippen LogP contribution is 2.36. The van der Waals surface area contributed by atoms with E-state index in [1.807, 2.05) is 0 Å². The van der Waals surface area contributed by atoms with Crippen LogP contribution in [0.4, 0.5) is 8.78 Å². The molecule has 0 N–H and O–H groups in total.